The van der Waals surface area contributed by atoms with E-state index in [0.29, 0.717) is 16.7 Å². The van der Waals surface area contributed by atoms with Crippen LogP contribution in [0.2, 0.25) is 5.15 Å². The molecule has 3 rings (SSSR count). The van der Waals surface area contributed by atoms with Gasteiger partial charge in [-0.2, -0.15) is 0 Å². The van der Waals surface area contributed by atoms with Gasteiger partial charge in [0, 0.05) is 16.8 Å². The highest BCUT2D eigenvalue weighted by molar-refractivity contribution is 6.30. The van der Waals surface area contributed by atoms with Gasteiger partial charge in [0.1, 0.15) is 5.15 Å². The lowest BCUT2D eigenvalue weighted by atomic mass is 10.1. The van der Waals surface area contributed by atoms with Gasteiger partial charge in [0.25, 0.3) is 0 Å². The molecule has 0 aliphatic heterocycles. The smallest absolute Gasteiger partial charge is 0.161 e. The van der Waals surface area contributed by atoms with Gasteiger partial charge in [-0.05, 0) is 43.9 Å². The minimum absolute atomic E-state index is 0.0992. The van der Waals surface area contributed by atoms with Gasteiger partial charge in [0.15, 0.2) is 17.3 Å². The summed E-state index contributed by atoms with van der Waals surface area (Å²) in [6, 6.07) is 5.08. The molecule has 0 saturated carbocycles. The molecule has 0 amide bonds. The first-order chi connectivity index (χ1) is 10.2. The number of phenolic OH excluding ortho intramolecular Hbond substituents is 1. The van der Waals surface area contributed by atoms with Gasteiger partial charge >= 0.3 is 0 Å². The number of aryl methyl sites for hydroxylation is 1. The van der Waals surface area contributed by atoms with E-state index in [2.05, 4.69) is 9.97 Å². The molecule has 1 N–H and O–H groups in total. The van der Waals surface area contributed by atoms with E-state index in [0.717, 1.165) is 42.5 Å². The molecular formula is C16H17ClN2O2. The van der Waals surface area contributed by atoms with E-state index in [9.17, 15) is 5.11 Å². The van der Waals surface area contributed by atoms with Crippen LogP contribution < -0.4 is 4.74 Å². The summed E-state index contributed by atoms with van der Waals surface area (Å²) < 4.78 is 5.13. The fourth-order valence-corrected chi connectivity index (χ4v) is 2.95. The SMILES string of the molecule is COc1cc(-c2nc(Cl)c3c(n2)CCCCC3)ccc1O. The van der Waals surface area contributed by atoms with Crippen molar-refractivity contribution in [3.05, 3.63) is 34.6 Å². The van der Waals surface area contributed by atoms with E-state index in [-0.39, 0.29) is 5.75 Å². The molecule has 1 aliphatic rings. The number of aromatic nitrogens is 2. The second-order valence-electron chi connectivity index (χ2n) is 5.21. The first-order valence-electron chi connectivity index (χ1n) is 7.11. The Balaban J connectivity index is 2.07. The summed E-state index contributed by atoms with van der Waals surface area (Å²) in [5.74, 6) is 1.09. The van der Waals surface area contributed by atoms with Crippen molar-refractivity contribution < 1.29 is 9.84 Å². The fraction of sp³-hybridized carbons (Fsp3) is 0.375. The summed E-state index contributed by atoms with van der Waals surface area (Å²) in [6.45, 7) is 0. The van der Waals surface area contributed by atoms with Crippen molar-refractivity contribution in [2.24, 2.45) is 0 Å². The van der Waals surface area contributed by atoms with Crippen molar-refractivity contribution >= 4 is 11.6 Å². The molecule has 1 aromatic carbocycles. The summed E-state index contributed by atoms with van der Waals surface area (Å²) in [5, 5.41) is 10.2. The number of methoxy groups -OCH3 is 1. The zero-order chi connectivity index (χ0) is 14.8. The van der Waals surface area contributed by atoms with Crippen molar-refractivity contribution in [1.82, 2.24) is 9.97 Å². The minimum Gasteiger partial charge on any atom is -0.504 e. The number of aromatic hydroxyl groups is 1. The van der Waals surface area contributed by atoms with Crippen molar-refractivity contribution in [2.45, 2.75) is 32.1 Å². The number of nitrogens with zero attached hydrogens (tertiary/aromatic N) is 2. The van der Waals surface area contributed by atoms with Crippen LogP contribution in [0.5, 0.6) is 11.5 Å². The van der Waals surface area contributed by atoms with Crippen LogP contribution in [0.4, 0.5) is 0 Å². The Morgan fingerprint density at radius 2 is 1.95 bits per heavy atom. The van der Waals surface area contributed by atoms with Gasteiger partial charge in [-0.1, -0.05) is 18.0 Å². The molecule has 0 radical (unpaired) electrons. The van der Waals surface area contributed by atoms with Crippen LogP contribution in [0.25, 0.3) is 11.4 Å². The molecule has 110 valence electrons. The Morgan fingerprint density at radius 1 is 1.14 bits per heavy atom. The zero-order valence-electron chi connectivity index (χ0n) is 11.9. The largest absolute Gasteiger partial charge is 0.504 e. The maximum atomic E-state index is 9.67. The van der Waals surface area contributed by atoms with Crippen LogP contribution in [0, 0.1) is 0 Å². The van der Waals surface area contributed by atoms with Crippen LogP contribution >= 0.6 is 11.6 Å². The second-order valence-corrected chi connectivity index (χ2v) is 5.57. The van der Waals surface area contributed by atoms with Gasteiger partial charge in [-0.3, -0.25) is 0 Å². The molecule has 5 heteroatoms. The maximum absolute atomic E-state index is 9.67. The molecule has 2 aromatic rings. The molecule has 0 unspecified atom stereocenters. The predicted molar refractivity (Wildman–Crippen MR) is 82.0 cm³/mol. The molecule has 1 heterocycles. The van der Waals surface area contributed by atoms with Crippen molar-refractivity contribution in [1.29, 1.82) is 0 Å². The molecule has 1 aromatic heterocycles. The Labute approximate surface area is 128 Å². The fourth-order valence-electron chi connectivity index (χ4n) is 2.67. The molecule has 21 heavy (non-hydrogen) atoms. The van der Waals surface area contributed by atoms with E-state index in [1.165, 1.54) is 13.5 Å². The number of rotatable bonds is 2. The number of ether oxygens (including phenoxy) is 1. The highest BCUT2D eigenvalue weighted by Gasteiger charge is 2.17. The van der Waals surface area contributed by atoms with E-state index < -0.39 is 0 Å². The molecular weight excluding hydrogens is 288 g/mol. The van der Waals surface area contributed by atoms with E-state index in [4.69, 9.17) is 16.3 Å². The lowest BCUT2D eigenvalue weighted by Crippen LogP contribution is -2.02. The summed E-state index contributed by atoms with van der Waals surface area (Å²) in [7, 11) is 1.52. The third-order valence-electron chi connectivity index (χ3n) is 3.82. The first kappa shape index (κ1) is 14.1. The number of fused-ring (bicyclic) bond motifs is 1. The van der Waals surface area contributed by atoms with Gasteiger partial charge in [-0.25, -0.2) is 9.97 Å². The van der Waals surface area contributed by atoms with Crippen LogP contribution in [0.3, 0.4) is 0 Å². The number of halogens is 1. The minimum atomic E-state index is 0.0992. The van der Waals surface area contributed by atoms with Crippen molar-refractivity contribution in [3.63, 3.8) is 0 Å². The number of benzene rings is 1. The molecule has 0 bridgehead atoms. The Kier molecular flexibility index (Phi) is 3.97. The lowest BCUT2D eigenvalue weighted by Gasteiger charge is -2.10. The number of hydrogen-bond acceptors (Lipinski definition) is 4. The molecule has 1 aliphatic carbocycles. The molecule has 0 saturated heterocycles. The summed E-state index contributed by atoms with van der Waals surface area (Å²) >= 11 is 6.34. The van der Waals surface area contributed by atoms with Crippen LogP contribution in [-0.4, -0.2) is 22.2 Å². The van der Waals surface area contributed by atoms with Crippen molar-refractivity contribution in [2.75, 3.05) is 7.11 Å². The lowest BCUT2D eigenvalue weighted by molar-refractivity contribution is 0.373. The summed E-state index contributed by atoms with van der Waals surface area (Å²) in [4.78, 5) is 9.10. The number of phenols is 1. The summed E-state index contributed by atoms with van der Waals surface area (Å²) in [5.41, 5.74) is 2.93. The molecule has 0 atom stereocenters. The second kappa shape index (κ2) is 5.90. The average Bonchev–Trinajstić information content (AvgIpc) is 2.73. The van der Waals surface area contributed by atoms with E-state index >= 15 is 0 Å². The average molecular weight is 305 g/mol. The summed E-state index contributed by atoms with van der Waals surface area (Å²) in [6.07, 6.45) is 5.38. The standard InChI is InChI=1S/C16H17ClN2O2/c1-21-14-9-10(7-8-13(14)20)16-18-12-6-4-2-3-5-11(12)15(17)19-16/h7-9,20H,2-6H2,1H3. The Bertz CT molecular complexity index is 674. The molecule has 4 nitrogen and oxygen atoms in total. The first-order valence-corrected chi connectivity index (χ1v) is 7.49. The zero-order valence-corrected chi connectivity index (χ0v) is 12.7. The van der Waals surface area contributed by atoms with Crippen molar-refractivity contribution in [3.8, 4) is 22.9 Å². The van der Waals surface area contributed by atoms with Crippen LogP contribution in [-0.2, 0) is 12.8 Å². The highest BCUT2D eigenvalue weighted by Crippen LogP contribution is 2.32. The van der Waals surface area contributed by atoms with E-state index in [1.807, 2.05) is 0 Å². The Morgan fingerprint density at radius 3 is 2.76 bits per heavy atom. The van der Waals surface area contributed by atoms with Gasteiger partial charge in [0.2, 0.25) is 0 Å². The van der Waals surface area contributed by atoms with Gasteiger partial charge in [0.05, 0.1) is 7.11 Å². The Hall–Kier alpha value is -1.81. The van der Waals surface area contributed by atoms with Gasteiger partial charge < -0.3 is 9.84 Å². The van der Waals surface area contributed by atoms with Crippen LogP contribution in [0.15, 0.2) is 18.2 Å². The monoisotopic (exact) mass is 304 g/mol. The number of hydrogen-bond donors (Lipinski definition) is 1. The topological polar surface area (TPSA) is 55.2 Å². The van der Waals surface area contributed by atoms with Gasteiger partial charge in [-0.15, -0.1) is 0 Å². The molecule has 0 fully saturated rings. The van der Waals surface area contributed by atoms with E-state index in [1.54, 1.807) is 18.2 Å². The normalized spacial score (nSPS) is 14.4. The molecule has 0 spiro atoms. The van der Waals surface area contributed by atoms with Crippen LogP contribution in [0.1, 0.15) is 30.5 Å². The highest BCUT2D eigenvalue weighted by atomic mass is 35.5. The third kappa shape index (κ3) is 2.81. The maximum Gasteiger partial charge on any atom is 0.161 e. The predicted octanol–water partition coefficient (Wildman–Crippen LogP) is 3.78. The third-order valence-corrected chi connectivity index (χ3v) is 4.13. The quantitative estimate of drug-likeness (QED) is 0.677.